The number of hydrogen-bond acceptors (Lipinski definition) is 9. The third-order valence-electron chi connectivity index (χ3n) is 5.24. The Labute approximate surface area is 201 Å². The van der Waals surface area contributed by atoms with Crippen molar-refractivity contribution in [2.24, 2.45) is 5.92 Å². The molecule has 1 amide bonds. The van der Waals surface area contributed by atoms with Crippen LogP contribution in [0.3, 0.4) is 0 Å². The maximum atomic E-state index is 11.9. The molecule has 9 nitrogen and oxygen atoms in total. The highest BCUT2D eigenvalue weighted by Crippen LogP contribution is 2.28. The number of nitrogens with zero attached hydrogens (tertiary/aromatic N) is 6. The van der Waals surface area contributed by atoms with Crippen molar-refractivity contribution < 1.29 is 4.79 Å². The molecule has 33 heavy (non-hydrogen) atoms. The Kier molecular flexibility index (Phi) is 7.11. The number of anilines is 2. The van der Waals surface area contributed by atoms with E-state index in [9.17, 15) is 4.79 Å². The largest absolute Gasteiger partial charge is 0.338 e. The number of thiazole rings is 1. The van der Waals surface area contributed by atoms with Gasteiger partial charge >= 0.3 is 0 Å². The third-order valence-corrected chi connectivity index (χ3v) is 6.93. The fourth-order valence-electron chi connectivity index (χ4n) is 3.25. The summed E-state index contributed by atoms with van der Waals surface area (Å²) in [6, 6.07) is 7.64. The molecule has 1 aliphatic heterocycles. The number of aryl methyl sites for hydroxylation is 1. The normalized spacial score (nSPS) is 14.6. The van der Waals surface area contributed by atoms with Crippen molar-refractivity contribution in [1.82, 2.24) is 24.4 Å². The zero-order chi connectivity index (χ0) is 23.5. The van der Waals surface area contributed by atoms with Crippen LogP contribution in [0.5, 0.6) is 0 Å². The summed E-state index contributed by atoms with van der Waals surface area (Å²) in [5, 5.41) is 11.8. The summed E-state index contributed by atoms with van der Waals surface area (Å²) in [5.41, 5.74) is 0.760. The van der Waals surface area contributed by atoms with Gasteiger partial charge in [-0.2, -0.15) is 15.0 Å². The van der Waals surface area contributed by atoms with Gasteiger partial charge in [0.05, 0.1) is 0 Å². The number of nitrogens with one attached hydrogen (secondary N) is 2. The summed E-state index contributed by atoms with van der Waals surface area (Å²) < 4.78 is 1.70. The molecule has 0 unspecified atom stereocenters. The van der Waals surface area contributed by atoms with Crippen molar-refractivity contribution in [2.45, 2.75) is 30.8 Å². The number of amides is 1. The van der Waals surface area contributed by atoms with E-state index >= 15 is 0 Å². The summed E-state index contributed by atoms with van der Waals surface area (Å²) in [4.78, 5) is 32.8. The number of piperazine rings is 1. The second kappa shape index (κ2) is 10.0. The molecule has 0 radical (unpaired) electrons. The van der Waals surface area contributed by atoms with Crippen molar-refractivity contribution in [2.75, 3.05) is 43.4 Å². The Morgan fingerprint density at radius 3 is 2.36 bits per heavy atom. The molecule has 0 aliphatic carbocycles. The van der Waals surface area contributed by atoms with Crippen LogP contribution in [-0.2, 0) is 4.79 Å². The van der Waals surface area contributed by atoms with Crippen LogP contribution in [0.4, 0.5) is 11.6 Å². The number of benzene rings is 1. The van der Waals surface area contributed by atoms with Crippen molar-refractivity contribution in [3.63, 3.8) is 0 Å². The highest BCUT2D eigenvalue weighted by atomic mass is 32.2. The number of hydrogen-bond donors (Lipinski definition) is 2. The molecule has 0 spiro atoms. The molecule has 3 aromatic rings. The molecule has 0 bridgehead atoms. The van der Waals surface area contributed by atoms with E-state index in [2.05, 4.69) is 27.1 Å². The fraction of sp³-hybridized carbons (Fsp3) is 0.409. The van der Waals surface area contributed by atoms with Crippen LogP contribution < -0.4 is 15.0 Å². The van der Waals surface area contributed by atoms with Crippen LogP contribution in [0.15, 0.2) is 40.5 Å². The number of rotatable bonds is 6. The molecule has 1 aromatic carbocycles. The van der Waals surface area contributed by atoms with E-state index < -0.39 is 0 Å². The molecular formula is C22H28N8OS2. The first-order valence-corrected chi connectivity index (χ1v) is 12.4. The third kappa shape index (κ3) is 5.79. The standard InChI is InChI=1S/C22H28N8OS2/c1-14(2)18(31)24-16-5-7-17(8-6-16)33-22-26-20(29-11-9-28(4)10-12-29)25-21(27-22)30-13-15(3)32-19(30)23/h5-8,13-14,23H,9-12H2,1-4H3,(H,24,31). The molecule has 0 atom stereocenters. The predicted molar refractivity (Wildman–Crippen MR) is 131 cm³/mol. The van der Waals surface area contributed by atoms with Crippen molar-refractivity contribution in [3.8, 4) is 5.95 Å². The number of aromatic nitrogens is 4. The van der Waals surface area contributed by atoms with E-state index in [0.29, 0.717) is 21.9 Å². The van der Waals surface area contributed by atoms with E-state index in [4.69, 9.17) is 15.4 Å². The van der Waals surface area contributed by atoms with Crippen LogP contribution in [0.25, 0.3) is 5.95 Å². The van der Waals surface area contributed by atoms with Gasteiger partial charge < -0.3 is 15.1 Å². The van der Waals surface area contributed by atoms with E-state index in [0.717, 1.165) is 41.6 Å². The molecule has 2 N–H and O–H groups in total. The molecule has 1 fully saturated rings. The predicted octanol–water partition coefficient (Wildman–Crippen LogP) is 3.01. The second-order valence-corrected chi connectivity index (χ2v) is 10.6. The molecule has 3 heterocycles. The van der Waals surface area contributed by atoms with E-state index in [1.165, 1.54) is 23.1 Å². The summed E-state index contributed by atoms with van der Waals surface area (Å²) in [6.45, 7) is 9.28. The maximum Gasteiger partial charge on any atom is 0.241 e. The minimum absolute atomic E-state index is 0.0105. The Bertz CT molecular complexity index is 1180. The first-order valence-electron chi connectivity index (χ1n) is 10.8. The van der Waals surface area contributed by atoms with Crippen LogP contribution in [0.2, 0.25) is 0 Å². The lowest BCUT2D eigenvalue weighted by atomic mass is 10.2. The maximum absolute atomic E-state index is 11.9. The SMILES string of the molecule is Cc1cn(-c2nc(Sc3ccc(NC(=O)C(C)C)cc3)nc(N3CCN(C)CC3)n2)c(=N)s1. The van der Waals surface area contributed by atoms with Gasteiger partial charge in [-0.3, -0.25) is 14.8 Å². The summed E-state index contributed by atoms with van der Waals surface area (Å²) >= 11 is 2.83. The number of carbonyl (C=O) groups excluding carboxylic acids is 1. The monoisotopic (exact) mass is 484 g/mol. The summed E-state index contributed by atoms with van der Waals surface area (Å²) in [7, 11) is 2.11. The minimum atomic E-state index is -0.0733. The molecule has 1 saturated heterocycles. The first-order chi connectivity index (χ1) is 15.8. The Morgan fingerprint density at radius 1 is 1.09 bits per heavy atom. The van der Waals surface area contributed by atoms with E-state index in [1.807, 2.05) is 51.2 Å². The van der Waals surface area contributed by atoms with Gasteiger partial charge in [0.2, 0.25) is 17.8 Å². The topological polar surface area (TPSA) is 103 Å². The van der Waals surface area contributed by atoms with Gasteiger partial charge in [-0.25, -0.2) is 0 Å². The van der Waals surface area contributed by atoms with Gasteiger partial charge in [0.15, 0.2) is 9.96 Å². The summed E-state index contributed by atoms with van der Waals surface area (Å²) in [6.07, 6.45) is 1.89. The fourth-order valence-corrected chi connectivity index (χ4v) is 4.69. The van der Waals surface area contributed by atoms with Gasteiger partial charge in [-0.15, -0.1) is 11.3 Å². The average Bonchev–Trinajstić information content (AvgIpc) is 3.13. The Hall–Kier alpha value is -2.76. The molecule has 11 heteroatoms. The van der Waals surface area contributed by atoms with E-state index in [-0.39, 0.29) is 11.8 Å². The zero-order valence-electron chi connectivity index (χ0n) is 19.2. The molecule has 174 valence electrons. The average molecular weight is 485 g/mol. The zero-order valence-corrected chi connectivity index (χ0v) is 20.8. The smallest absolute Gasteiger partial charge is 0.241 e. The second-order valence-electron chi connectivity index (χ2n) is 8.30. The van der Waals surface area contributed by atoms with Crippen LogP contribution in [0.1, 0.15) is 18.7 Å². The Balaban J connectivity index is 1.62. The molecule has 2 aromatic heterocycles. The molecule has 4 rings (SSSR count). The molecular weight excluding hydrogens is 456 g/mol. The first kappa shape index (κ1) is 23.4. The summed E-state index contributed by atoms with van der Waals surface area (Å²) in [5.74, 6) is 1.00. The number of likely N-dealkylation sites (N-methyl/N-ethyl adjacent to an activating group) is 1. The van der Waals surface area contributed by atoms with Crippen molar-refractivity contribution in [3.05, 3.63) is 40.1 Å². The van der Waals surface area contributed by atoms with Crippen LogP contribution >= 0.6 is 23.1 Å². The highest BCUT2D eigenvalue weighted by Gasteiger charge is 2.20. The quantitative estimate of drug-likeness (QED) is 0.554. The lowest BCUT2D eigenvalue weighted by Crippen LogP contribution is -2.45. The highest BCUT2D eigenvalue weighted by molar-refractivity contribution is 7.99. The van der Waals surface area contributed by atoms with E-state index in [1.54, 1.807) is 4.57 Å². The minimum Gasteiger partial charge on any atom is -0.338 e. The van der Waals surface area contributed by atoms with Gasteiger partial charge in [0.25, 0.3) is 0 Å². The Morgan fingerprint density at radius 2 is 1.76 bits per heavy atom. The van der Waals surface area contributed by atoms with Crippen LogP contribution in [0, 0.1) is 18.3 Å². The van der Waals surface area contributed by atoms with Crippen molar-refractivity contribution in [1.29, 1.82) is 5.41 Å². The molecule has 0 saturated carbocycles. The van der Waals surface area contributed by atoms with Gasteiger partial charge in [-0.05, 0) is 50.0 Å². The lowest BCUT2D eigenvalue weighted by molar-refractivity contribution is -0.118. The van der Waals surface area contributed by atoms with Crippen LogP contribution in [-0.4, -0.2) is 63.6 Å². The van der Waals surface area contributed by atoms with Gasteiger partial charge in [0, 0.05) is 53.8 Å². The lowest BCUT2D eigenvalue weighted by Gasteiger charge is -2.32. The molecule has 1 aliphatic rings. The van der Waals surface area contributed by atoms with Gasteiger partial charge in [-0.1, -0.05) is 13.8 Å². The van der Waals surface area contributed by atoms with Gasteiger partial charge in [0.1, 0.15) is 0 Å². The van der Waals surface area contributed by atoms with Crippen molar-refractivity contribution >= 4 is 40.6 Å². The number of carbonyl (C=O) groups is 1.